The molecule has 0 radical (unpaired) electrons. The molecule has 0 aromatic carbocycles. The van der Waals surface area contributed by atoms with Gasteiger partial charge in [-0.3, -0.25) is 4.79 Å². The summed E-state index contributed by atoms with van der Waals surface area (Å²) < 4.78 is 6.26. The van der Waals surface area contributed by atoms with Crippen LogP contribution in [0.3, 0.4) is 0 Å². The van der Waals surface area contributed by atoms with Gasteiger partial charge in [0, 0.05) is 6.20 Å². The lowest BCUT2D eigenvalue weighted by Gasteiger charge is -2.27. The molecule has 1 N–H and O–H groups in total. The molecule has 1 aliphatic heterocycles. The summed E-state index contributed by atoms with van der Waals surface area (Å²) in [6.45, 7) is 0.895. The summed E-state index contributed by atoms with van der Waals surface area (Å²) in [5.41, 5.74) is -0.431. The second-order valence-corrected chi connectivity index (χ2v) is 3.01. The number of hydrogen-bond acceptors (Lipinski definition) is 4. The molecule has 0 unspecified atom stereocenters. The molecular formula is C8H8N2O4. The van der Waals surface area contributed by atoms with E-state index >= 15 is 0 Å². The summed E-state index contributed by atoms with van der Waals surface area (Å²) >= 11 is 0. The van der Waals surface area contributed by atoms with E-state index in [0.717, 1.165) is 6.20 Å². The number of carboxylic acid groups (broad SMARTS) is 1. The zero-order valence-corrected chi connectivity index (χ0v) is 7.21. The molecule has 2 rings (SSSR count). The zero-order valence-electron chi connectivity index (χ0n) is 7.21. The highest BCUT2D eigenvalue weighted by atomic mass is 16.5. The number of aromatic carboxylic acids is 1. The largest absolute Gasteiger partial charge is 0.476 e. The van der Waals surface area contributed by atoms with Crippen molar-refractivity contribution in [3.8, 4) is 0 Å². The summed E-state index contributed by atoms with van der Waals surface area (Å²) in [4.78, 5) is 25.4. The van der Waals surface area contributed by atoms with Gasteiger partial charge in [-0.1, -0.05) is 0 Å². The van der Waals surface area contributed by atoms with E-state index < -0.39 is 5.97 Å². The molecule has 1 fully saturated rings. The van der Waals surface area contributed by atoms with Crippen LogP contribution in [0.25, 0.3) is 0 Å². The van der Waals surface area contributed by atoms with Crippen molar-refractivity contribution < 1.29 is 14.6 Å². The quantitative estimate of drug-likeness (QED) is 0.690. The Balaban J connectivity index is 2.41. The summed E-state index contributed by atoms with van der Waals surface area (Å²) in [5, 5.41) is 8.66. The summed E-state index contributed by atoms with van der Waals surface area (Å²) in [6, 6.07) is -0.0522. The van der Waals surface area contributed by atoms with Gasteiger partial charge in [0.1, 0.15) is 0 Å². The van der Waals surface area contributed by atoms with Gasteiger partial charge in [0.2, 0.25) is 0 Å². The van der Waals surface area contributed by atoms with Crippen molar-refractivity contribution in [3.63, 3.8) is 0 Å². The molecule has 0 aliphatic carbocycles. The molecule has 1 aromatic heterocycles. The van der Waals surface area contributed by atoms with Gasteiger partial charge in [-0.25, -0.2) is 9.78 Å². The number of ether oxygens (including phenoxy) is 1. The van der Waals surface area contributed by atoms with Crippen LogP contribution in [-0.2, 0) is 4.74 Å². The monoisotopic (exact) mass is 196 g/mol. The van der Waals surface area contributed by atoms with Crippen LogP contribution in [-0.4, -0.2) is 33.8 Å². The molecule has 6 heteroatoms. The number of carboxylic acids is 1. The Morgan fingerprint density at radius 1 is 1.64 bits per heavy atom. The van der Waals surface area contributed by atoms with Crippen molar-refractivity contribution in [1.29, 1.82) is 0 Å². The van der Waals surface area contributed by atoms with Gasteiger partial charge in [-0.15, -0.1) is 0 Å². The molecule has 0 atom stereocenters. The van der Waals surface area contributed by atoms with E-state index in [-0.39, 0.29) is 17.3 Å². The Kier molecular flexibility index (Phi) is 2.05. The Morgan fingerprint density at radius 3 is 2.86 bits per heavy atom. The molecule has 1 saturated heterocycles. The summed E-state index contributed by atoms with van der Waals surface area (Å²) in [7, 11) is 0. The van der Waals surface area contributed by atoms with Crippen molar-refractivity contribution in [3.05, 3.63) is 28.4 Å². The van der Waals surface area contributed by atoms with Crippen LogP contribution in [0, 0.1) is 0 Å². The van der Waals surface area contributed by atoms with E-state index in [2.05, 4.69) is 4.98 Å². The minimum absolute atomic E-state index is 0.0522. The highest BCUT2D eigenvalue weighted by Crippen LogP contribution is 2.14. The highest BCUT2D eigenvalue weighted by Gasteiger charge is 2.22. The first kappa shape index (κ1) is 8.89. The molecule has 0 bridgehead atoms. The van der Waals surface area contributed by atoms with Crippen molar-refractivity contribution in [2.75, 3.05) is 13.2 Å². The zero-order chi connectivity index (χ0) is 10.1. The van der Waals surface area contributed by atoms with E-state index in [1.165, 1.54) is 10.8 Å². The maximum absolute atomic E-state index is 11.3. The van der Waals surface area contributed by atoms with Crippen LogP contribution in [0.1, 0.15) is 16.5 Å². The fraction of sp³-hybridized carbons (Fsp3) is 0.375. The standard InChI is InChI=1S/C8H8N2O4/c11-7-1-9-6(8(12)13)2-10(7)5-3-14-4-5/h1-2,5H,3-4H2,(H,12,13). The molecular weight excluding hydrogens is 188 g/mol. The summed E-state index contributed by atoms with van der Waals surface area (Å²) in [5.74, 6) is -1.14. The van der Waals surface area contributed by atoms with Crippen LogP contribution in [0.15, 0.2) is 17.2 Å². The maximum Gasteiger partial charge on any atom is 0.356 e. The van der Waals surface area contributed by atoms with Gasteiger partial charge in [-0.05, 0) is 0 Å². The molecule has 74 valence electrons. The predicted molar refractivity (Wildman–Crippen MR) is 45.3 cm³/mol. The third kappa shape index (κ3) is 1.39. The first-order valence-corrected chi connectivity index (χ1v) is 4.07. The SMILES string of the molecule is O=C(O)c1cn(C2COC2)c(=O)cn1. The molecule has 0 spiro atoms. The average molecular weight is 196 g/mol. The molecule has 0 saturated carbocycles. The molecule has 1 aliphatic rings. The van der Waals surface area contributed by atoms with Crippen molar-refractivity contribution in [2.45, 2.75) is 6.04 Å². The van der Waals surface area contributed by atoms with E-state index in [4.69, 9.17) is 9.84 Å². The Hall–Kier alpha value is -1.69. The van der Waals surface area contributed by atoms with E-state index in [1.807, 2.05) is 0 Å². The Bertz CT molecular complexity index is 422. The fourth-order valence-electron chi connectivity index (χ4n) is 1.20. The minimum Gasteiger partial charge on any atom is -0.476 e. The van der Waals surface area contributed by atoms with Gasteiger partial charge >= 0.3 is 5.97 Å². The van der Waals surface area contributed by atoms with Crippen molar-refractivity contribution in [2.24, 2.45) is 0 Å². The number of rotatable bonds is 2. The van der Waals surface area contributed by atoms with Crippen molar-refractivity contribution >= 4 is 5.97 Å². The highest BCUT2D eigenvalue weighted by molar-refractivity contribution is 5.84. The molecule has 14 heavy (non-hydrogen) atoms. The second kappa shape index (κ2) is 3.22. The topological polar surface area (TPSA) is 81.4 Å². The van der Waals surface area contributed by atoms with E-state index in [1.54, 1.807) is 0 Å². The normalized spacial score (nSPS) is 16.3. The molecule has 1 aromatic rings. The lowest BCUT2D eigenvalue weighted by molar-refractivity contribution is -0.0250. The Labute approximate surface area is 78.8 Å². The van der Waals surface area contributed by atoms with E-state index in [9.17, 15) is 9.59 Å². The number of hydrogen-bond donors (Lipinski definition) is 1. The first-order chi connectivity index (χ1) is 6.68. The fourth-order valence-corrected chi connectivity index (χ4v) is 1.20. The molecule has 0 amide bonds. The van der Waals surface area contributed by atoms with Crippen molar-refractivity contribution in [1.82, 2.24) is 9.55 Å². The van der Waals surface area contributed by atoms with Gasteiger partial charge < -0.3 is 14.4 Å². The molecule has 2 heterocycles. The number of aromatic nitrogens is 2. The van der Waals surface area contributed by atoms with Gasteiger partial charge in [0.25, 0.3) is 5.56 Å². The van der Waals surface area contributed by atoms with Gasteiger partial charge in [0.15, 0.2) is 5.69 Å². The van der Waals surface area contributed by atoms with Crippen LogP contribution < -0.4 is 5.56 Å². The van der Waals surface area contributed by atoms with Gasteiger partial charge in [-0.2, -0.15) is 0 Å². The van der Waals surface area contributed by atoms with Crippen LogP contribution in [0.4, 0.5) is 0 Å². The van der Waals surface area contributed by atoms with Crippen LogP contribution in [0.5, 0.6) is 0 Å². The van der Waals surface area contributed by atoms with Gasteiger partial charge in [0.05, 0.1) is 25.5 Å². The lowest BCUT2D eigenvalue weighted by Crippen LogP contribution is -2.37. The second-order valence-electron chi connectivity index (χ2n) is 3.01. The third-order valence-electron chi connectivity index (χ3n) is 2.06. The Morgan fingerprint density at radius 2 is 2.36 bits per heavy atom. The summed E-state index contributed by atoms with van der Waals surface area (Å²) in [6.07, 6.45) is 2.26. The van der Waals surface area contributed by atoms with Crippen LogP contribution in [0.2, 0.25) is 0 Å². The maximum atomic E-state index is 11.3. The molecule has 6 nitrogen and oxygen atoms in total. The predicted octanol–water partition coefficient (Wildman–Crippen LogP) is -0.487. The lowest BCUT2D eigenvalue weighted by atomic mass is 10.2. The third-order valence-corrected chi connectivity index (χ3v) is 2.06. The number of nitrogens with zero attached hydrogens (tertiary/aromatic N) is 2. The van der Waals surface area contributed by atoms with E-state index in [0.29, 0.717) is 13.2 Å². The number of carbonyl (C=O) groups is 1. The smallest absolute Gasteiger partial charge is 0.356 e. The minimum atomic E-state index is -1.14. The first-order valence-electron chi connectivity index (χ1n) is 4.07. The van der Waals surface area contributed by atoms with Crippen LogP contribution >= 0.6 is 0 Å². The average Bonchev–Trinajstić information content (AvgIpc) is 2.05.